The van der Waals surface area contributed by atoms with Crippen molar-refractivity contribution < 1.29 is 24.5 Å². The van der Waals surface area contributed by atoms with Crippen molar-refractivity contribution in [2.24, 2.45) is 0 Å². The molecule has 3 N–H and O–H groups in total. The molecule has 3 unspecified atom stereocenters. The van der Waals surface area contributed by atoms with Crippen molar-refractivity contribution in [2.45, 2.75) is 50.5 Å². The number of ether oxygens (including phenoxy) is 1. The number of hydrogen-bond acceptors (Lipinski definition) is 4. The van der Waals surface area contributed by atoms with E-state index in [-0.39, 0.29) is 25.1 Å². The fourth-order valence-electron chi connectivity index (χ4n) is 2.66. The first-order valence-electron chi connectivity index (χ1n) is 6.57. The van der Waals surface area contributed by atoms with Crippen LogP contribution in [-0.4, -0.2) is 64.6 Å². The van der Waals surface area contributed by atoms with Gasteiger partial charge >= 0.3 is 12.0 Å². The lowest BCUT2D eigenvalue weighted by molar-refractivity contribution is -0.141. The molecule has 2 saturated heterocycles. The highest BCUT2D eigenvalue weighted by Crippen LogP contribution is 2.19. The first kappa shape index (κ1) is 14.1. The number of amides is 2. The Morgan fingerprint density at radius 3 is 2.74 bits per heavy atom. The van der Waals surface area contributed by atoms with Gasteiger partial charge in [0.1, 0.15) is 6.04 Å². The monoisotopic (exact) mass is 272 g/mol. The molecule has 0 saturated carbocycles. The van der Waals surface area contributed by atoms with E-state index in [0.29, 0.717) is 6.61 Å². The third-order valence-corrected chi connectivity index (χ3v) is 3.64. The molecule has 2 heterocycles. The summed E-state index contributed by atoms with van der Waals surface area (Å²) in [6.45, 7) is 2.61. The largest absolute Gasteiger partial charge is 0.480 e. The number of carbonyl (C=O) groups excluding carboxylic acids is 1. The Morgan fingerprint density at radius 2 is 2.11 bits per heavy atom. The molecule has 2 rings (SSSR count). The third kappa shape index (κ3) is 3.36. The summed E-state index contributed by atoms with van der Waals surface area (Å²) in [5.41, 5.74) is 0. The summed E-state index contributed by atoms with van der Waals surface area (Å²) < 4.78 is 5.39. The molecule has 0 aromatic rings. The van der Waals surface area contributed by atoms with Crippen LogP contribution in [0.5, 0.6) is 0 Å². The standard InChI is InChI=1S/C12H20N2O5/c1-7-4-8(2-3-19-7)13-12(18)14-6-9(15)5-10(14)11(16)17/h7-10,15H,2-6H2,1H3,(H,13,18)(H,16,17)/t7?,8?,9?,10-/m0/s1. The van der Waals surface area contributed by atoms with E-state index in [9.17, 15) is 14.7 Å². The molecule has 0 aliphatic carbocycles. The van der Waals surface area contributed by atoms with Gasteiger partial charge in [0.2, 0.25) is 0 Å². The van der Waals surface area contributed by atoms with E-state index < -0.39 is 24.1 Å². The second kappa shape index (κ2) is 5.75. The molecule has 0 radical (unpaired) electrons. The average molecular weight is 272 g/mol. The number of nitrogens with zero attached hydrogens (tertiary/aromatic N) is 1. The maximum absolute atomic E-state index is 12.1. The Morgan fingerprint density at radius 1 is 1.37 bits per heavy atom. The zero-order chi connectivity index (χ0) is 14.0. The maximum atomic E-state index is 12.1. The topological polar surface area (TPSA) is 99.1 Å². The molecule has 0 aromatic carbocycles. The summed E-state index contributed by atoms with van der Waals surface area (Å²) in [5.74, 6) is -1.08. The van der Waals surface area contributed by atoms with E-state index >= 15 is 0 Å². The number of nitrogens with one attached hydrogen (secondary N) is 1. The highest BCUT2D eigenvalue weighted by molar-refractivity contribution is 5.83. The van der Waals surface area contributed by atoms with Gasteiger partial charge in [-0.3, -0.25) is 0 Å². The number of aliphatic hydroxyl groups excluding tert-OH is 1. The molecule has 2 aliphatic rings. The summed E-state index contributed by atoms with van der Waals surface area (Å²) in [5, 5.41) is 21.4. The van der Waals surface area contributed by atoms with Gasteiger partial charge in [-0.15, -0.1) is 0 Å². The van der Waals surface area contributed by atoms with Crippen LogP contribution in [0.25, 0.3) is 0 Å². The van der Waals surface area contributed by atoms with Crippen molar-refractivity contribution in [1.29, 1.82) is 0 Å². The maximum Gasteiger partial charge on any atom is 0.326 e. The van der Waals surface area contributed by atoms with E-state index in [2.05, 4.69) is 5.32 Å². The molecule has 0 spiro atoms. The van der Waals surface area contributed by atoms with Gasteiger partial charge in [0.15, 0.2) is 0 Å². The summed E-state index contributed by atoms with van der Waals surface area (Å²) in [6.07, 6.45) is 0.871. The van der Waals surface area contributed by atoms with Gasteiger partial charge in [0.05, 0.1) is 12.2 Å². The summed E-state index contributed by atoms with van der Waals surface area (Å²) in [4.78, 5) is 24.3. The van der Waals surface area contributed by atoms with Crippen molar-refractivity contribution in [3.8, 4) is 0 Å². The zero-order valence-corrected chi connectivity index (χ0v) is 10.9. The number of carboxylic acid groups (broad SMARTS) is 1. The van der Waals surface area contributed by atoms with Crippen LogP contribution in [0.2, 0.25) is 0 Å². The number of hydrogen-bond donors (Lipinski definition) is 3. The van der Waals surface area contributed by atoms with Crippen LogP contribution in [0.3, 0.4) is 0 Å². The molecule has 4 atom stereocenters. The smallest absolute Gasteiger partial charge is 0.326 e. The number of rotatable bonds is 2. The zero-order valence-electron chi connectivity index (χ0n) is 10.9. The van der Waals surface area contributed by atoms with Gasteiger partial charge in [-0.1, -0.05) is 0 Å². The Labute approximate surface area is 111 Å². The Hall–Kier alpha value is -1.34. The van der Waals surface area contributed by atoms with Gasteiger partial charge in [0, 0.05) is 25.6 Å². The molecule has 7 heteroatoms. The van der Waals surface area contributed by atoms with Crippen LogP contribution < -0.4 is 5.32 Å². The average Bonchev–Trinajstić information content (AvgIpc) is 2.71. The number of carboxylic acids is 1. The molecule has 19 heavy (non-hydrogen) atoms. The molecular formula is C12H20N2O5. The molecule has 7 nitrogen and oxygen atoms in total. The van der Waals surface area contributed by atoms with Crippen LogP contribution in [0, 0.1) is 0 Å². The molecule has 2 fully saturated rings. The van der Waals surface area contributed by atoms with E-state index in [4.69, 9.17) is 9.84 Å². The number of likely N-dealkylation sites (tertiary alicyclic amines) is 1. The van der Waals surface area contributed by atoms with E-state index in [1.54, 1.807) is 0 Å². The van der Waals surface area contributed by atoms with Crippen LogP contribution in [-0.2, 0) is 9.53 Å². The van der Waals surface area contributed by atoms with Crippen LogP contribution in [0.15, 0.2) is 0 Å². The SMILES string of the molecule is CC1CC(NC(=O)N2CC(O)C[C@H]2C(=O)O)CCO1. The van der Waals surface area contributed by atoms with E-state index in [1.807, 2.05) is 6.92 Å². The lowest BCUT2D eigenvalue weighted by Crippen LogP contribution is -2.51. The normalized spacial score (nSPS) is 35.2. The quantitative estimate of drug-likeness (QED) is 0.645. The second-order valence-corrected chi connectivity index (χ2v) is 5.25. The predicted molar refractivity (Wildman–Crippen MR) is 65.7 cm³/mol. The number of β-amino-alcohol motifs (C(OH)–C–C–N with tert-alkyl or cyclic N) is 1. The Balaban J connectivity index is 1.93. The van der Waals surface area contributed by atoms with Crippen LogP contribution >= 0.6 is 0 Å². The van der Waals surface area contributed by atoms with E-state index in [0.717, 1.165) is 12.8 Å². The molecule has 2 amide bonds. The Bertz CT molecular complexity index is 362. The molecular weight excluding hydrogens is 252 g/mol. The number of aliphatic carboxylic acids is 1. The lowest BCUT2D eigenvalue weighted by atomic mass is 10.0. The summed E-state index contributed by atoms with van der Waals surface area (Å²) in [7, 11) is 0. The lowest BCUT2D eigenvalue weighted by Gasteiger charge is -2.30. The summed E-state index contributed by atoms with van der Waals surface area (Å²) >= 11 is 0. The van der Waals surface area contributed by atoms with Crippen LogP contribution in [0.1, 0.15) is 26.2 Å². The van der Waals surface area contributed by atoms with Crippen molar-refractivity contribution in [3.05, 3.63) is 0 Å². The fraction of sp³-hybridized carbons (Fsp3) is 0.833. The number of aliphatic hydroxyl groups is 1. The number of urea groups is 1. The summed E-state index contributed by atoms with van der Waals surface area (Å²) in [6, 6.07) is -1.35. The van der Waals surface area contributed by atoms with Crippen molar-refractivity contribution in [1.82, 2.24) is 10.2 Å². The van der Waals surface area contributed by atoms with Gasteiger partial charge in [-0.25, -0.2) is 9.59 Å². The minimum absolute atomic E-state index is 0.00318. The minimum Gasteiger partial charge on any atom is -0.480 e. The highest BCUT2D eigenvalue weighted by atomic mass is 16.5. The van der Waals surface area contributed by atoms with Gasteiger partial charge in [-0.2, -0.15) is 0 Å². The first-order chi connectivity index (χ1) is 8.97. The number of carbonyl (C=O) groups is 2. The fourth-order valence-corrected chi connectivity index (χ4v) is 2.66. The highest BCUT2D eigenvalue weighted by Gasteiger charge is 2.39. The van der Waals surface area contributed by atoms with Crippen molar-refractivity contribution in [3.63, 3.8) is 0 Å². The Kier molecular flexibility index (Phi) is 4.26. The second-order valence-electron chi connectivity index (χ2n) is 5.25. The van der Waals surface area contributed by atoms with Crippen LogP contribution in [0.4, 0.5) is 4.79 Å². The van der Waals surface area contributed by atoms with Gasteiger partial charge in [-0.05, 0) is 19.8 Å². The molecule has 0 aromatic heterocycles. The first-order valence-corrected chi connectivity index (χ1v) is 6.57. The van der Waals surface area contributed by atoms with Crippen molar-refractivity contribution in [2.75, 3.05) is 13.2 Å². The molecule has 0 bridgehead atoms. The van der Waals surface area contributed by atoms with Gasteiger partial charge in [0.25, 0.3) is 0 Å². The van der Waals surface area contributed by atoms with Crippen molar-refractivity contribution >= 4 is 12.0 Å². The minimum atomic E-state index is -1.08. The molecule has 2 aliphatic heterocycles. The predicted octanol–water partition coefficient (Wildman–Crippen LogP) is -0.217. The van der Waals surface area contributed by atoms with Gasteiger partial charge < -0.3 is 25.2 Å². The molecule has 108 valence electrons. The van der Waals surface area contributed by atoms with E-state index in [1.165, 1.54) is 4.90 Å². The third-order valence-electron chi connectivity index (χ3n) is 3.64.